The molecule has 0 aromatic heterocycles. The quantitative estimate of drug-likeness (QED) is 0.856. The van der Waals surface area contributed by atoms with Crippen LogP contribution in [-0.4, -0.2) is 38.9 Å². The molecule has 1 rings (SSSR count). The Morgan fingerprint density at radius 2 is 2.00 bits per heavy atom. The molecule has 0 fully saturated rings. The van der Waals surface area contributed by atoms with Gasteiger partial charge in [-0.15, -0.1) is 0 Å². The fraction of sp³-hybridized carbons (Fsp3) is 0.500. The van der Waals surface area contributed by atoms with Gasteiger partial charge < -0.3 is 19.5 Å². The molecule has 0 spiro atoms. The van der Waals surface area contributed by atoms with Crippen LogP contribution in [0.25, 0.3) is 0 Å². The number of methoxy groups -OCH3 is 2. The van der Waals surface area contributed by atoms with E-state index in [2.05, 4.69) is 0 Å². The zero-order chi connectivity index (χ0) is 14.6. The van der Waals surface area contributed by atoms with E-state index in [9.17, 15) is 4.79 Å². The molecule has 0 aliphatic heterocycles. The molecule has 0 radical (unpaired) electrons. The number of hydrogen-bond donors (Lipinski definition) is 1. The van der Waals surface area contributed by atoms with Gasteiger partial charge in [-0.05, 0) is 19.1 Å². The van der Waals surface area contributed by atoms with Crippen molar-refractivity contribution in [2.24, 2.45) is 5.92 Å². The van der Waals surface area contributed by atoms with Crippen LogP contribution in [-0.2, 0) is 4.79 Å². The molecule has 5 nitrogen and oxygen atoms in total. The molecule has 1 unspecified atom stereocenters. The lowest BCUT2D eigenvalue weighted by atomic mass is 10.1. The number of carbonyl (C=O) groups is 1. The Bertz CT molecular complexity index is 459. The Morgan fingerprint density at radius 3 is 2.47 bits per heavy atom. The van der Waals surface area contributed by atoms with E-state index in [0.717, 1.165) is 17.0 Å². The van der Waals surface area contributed by atoms with E-state index in [1.807, 2.05) is 31.0 Å². The van der Waals surface area contributed by atoms with Crippen molar-refractivity contribution in [3.05, 3.63) is 17.7 Å². The molecule has 0 saturated carbocycles. The highest BCUT2D eigenvalue weighted by Crippen LogP contribution is 2.36. The normalized spacial score (nSPS) is 11.8. The molecule has 0 aliphatic rings. The van der Waals surface area contributed by atoms with E-state index in [-0.39, 0.29) is 0 Å². The number of carboxylic acid groups (broad SMARTS) is 1. The number of anilines is 1. The first-order chi connectivity index (χ1) is 8.92. The highest BCUT2D eigenvalue weighted by molar-refractivity contribution is 5.71. The van der Waals surface area contributed by atoms with Crippen LogP contribution in [0.2, 0.25) is 0 Å². The van der Waals surface area contributed by atoms with Crippen molar-refractivity contribution >= 4 is 11.7 Å². The molecule has 19 heavy (non-hydrogen) atoms. The third kappa shape index (κ3) is 3.30. The van der Waals surface area contributed by atoms with Gasteiger partial charge in [0.05, 0.1) is 25.8 Å². The number of carboxylic acids is 1. The van der Waals surface area contributed by atoms with Gasteiger partial charge in [0.2, 0.25) is 0 Å². The summed E-state index contributed by atoms with van der Waals surface area (Å²) in [6.07, 6.45) is 0. The van der Waals surface area contributed by atoms with Crippen molar-refractivity contribution in [3.8, 4) is 11.5 Å². The monoisotopic (exact) mass is 267 g/mol. The van der Waals surface area contributed by atoms with Crippen molar-refractivity contribution in [1.82, 2.24) is 0 Å². The van der Waals surface area contributed by atoms with Gasteiger partial charge in [-0.2, -0.15) is 0 Å². The lowest BCUT2D eigenvalue weighted by molar-refractivity contribution is -0.140. The molecule has 106 valence electrons. The summed E-state index contributed by atoms with van der Waals surface area (Å²) in [6, 6.07) is 3.73. The van der Waals surface area contributed by atoms with Crippen LogP contribution in [0, 0.1) is 12.8 Å². The van der Waals surface area contributed by atoms with Crippen molar-refractivity contribution in [3.63, 3.8) is 0 Å². The van der Waals surface area contributed by atoms with Gasteiger partial charge in [0.25, 0.3) is 0 Å². The van der Waals surface area contributed by atoms with E-state index in [1.165, 1.54) is 0 Å². The third-order valence-corrected chi connectivity index (χ3v) is 3.14. The molecule has 5 heteroatoms. The Kier molecular flexibility index (Phi) is 5.03. The zero-order valence-electron chi connectivity index (χ0n) is 12.1. The number of rotatable bonds is 6. The van der Waals surface area contributed by atoms with Crippen molar-refractivity contribution in [1.29, 1.82) is 0 Å². The van der Waals surface area contributed by atoms with Crippen LogP contribution in [0.1, 0.15) is 12.5 Å². The van der Waals surface area contributed by atoms with E-state index in [1.54, 1.807) is 21.1 Å². The van der Waals surface area contributed by atoms with E-state index >= 15 is 0 Å². The molecule has 0 bridgehead atoms. The minimum Gasteiger partial charge on any atom is -0.496 e. The molecule has 1 aromatic carbocycles. The van der Waals surface area contributed by atoms with Crippen molar-refractivity contribution in [2.45, 2.75) is 13.8 Å². The first kappa shape index (κ1) is 15.1. The number of nitrogens with zero attached hydrogens (tertiary/aromatic N) is 1. The second-order valence-electron chi connectivity index (χ2n) is 4.57. The van der Waals surface area contributed by atoms with E-state index in [0.29, 0.717) is 12.3 Å². The summed E-state index contributed by atoms with van der Waals surface area (Å²) in [5.41, 5.74) is 1.76. The van der Waals surface area contributed by atoms with Gasteiger partial charge in [-0.3, -0.25) is 4.79 Å². The number of aliphatic carboxylic acids is 1. The molecule has 1 aromatic rings. The second-order valence-corrected chi connectivity index (χ2v) is 4.57. The molecule has 1 N–H and O–H groups in total. The number of hydrogen-bond acceptors (Lipinski definition) is 4. The van der Waals surface area contributed by atoms with Gasteiger partial charge in [0.15, 0.2) is 0 Å². The zero-order valence-corrected chi connectivity index (χ0v) is 12.1. The largest absolute Gasteiger partial charge is 0.496 e. The Hall–Kier alpha value is -1.91. The lowest BCUT2D eigenvalue weighted by Gasteiger charge is -2.25. The van der Waals surface area contributed by atoms with Crippen LogP contribution in [0.4, 0.5) is 5.69 Å². The first-order valence-electron chi connectivity index (χ1n) is 6.07. The Balaban J connectivity index is 3.06. The first-order valence-corrected chi connectivity index (χ1v) is 6.07. The molecule has 1 atom stereocenters. The highest BCUT2D eigenvalue weighted by atomic mass is 16.5. The maximum absolute atomic E-state index is 10.9. The molecular formula is C14H21NO4. The average molecular weight is 267 g/mol. The summed E-state index contributed by atoms with van der Waals surface area (Å²) < 4.78 is 10.7. The topological polar surface area (TPSA) is 59.0 Å². The summed E-state index contributed by atoms with van der Waals surface area (Å²) in [5.74, 6) is 0.202. The molecular weight excluding hydrogens is 246 g/mol. The Labute approximate surface area is 113 Å². The maximum atomic E-state index is 10.9. The Morgan fingerprint density at radius 1 is 1.37 bits per heavy atom. The van der Waals surface area contributed by atoms with Crippen LogP contribution in [0.15, 0.2) is 12.1 Å². The summed E-state index contributed by atoms with van der Waals surface area (Å²) in [7, 11) is 5.06. The number of ether oxygens (including phenoxy) is 2. The van der Waals surface area contributed by atoms with Crippen LogP contribution in [0.3, 0.4) is 0 Å². The van der Waals surface area contributed by atoms with Crippen LogP contribution < -0.4 is 14.4 Å². The molecule has 0 saturated heterocycles. The SMILES string of the molecule is COc1ccc(N(C)CC(C)C(=O)O)c(OC)c1C. The minimum absolute atomic E-state index is 0.414. The smallest absolute Gasteiger partial charge is 0.308 e. The van der Waals surface area contributed by atoms with Crippen LogP contribution in [0.5, 0.6) is 11.5 Å². The maximum Gasteiger partial charge on any atom is 0.308 e. The van der Waals surface area contributed by atoms with Gasteiger partial charge in [0, 0.05) is 19.2 Å². The second kappa shape index (κ2) is 6.31. The van der Waals surface area contributed by atoms with Crippen LogP contribution >= 0.6 is 0 Å². The fourth-order valence-electron chi connectivity index (χ4n) is 2.03. The highest BCUT2D eigenvalue weighted by Gasteiger charge is 2.18. The predicted octanol–water partition coefficient (Wildman–Crippen LogP) is 2.17. The number of benzene rings is 1. The van der Waals surface area contributed by atoms with Gasteiger partial charge >= 0.3 is 5.97 Å². The van der Waals surface area contributed by atoms with Gasteiger partial charge in [-0.25, -0.2) is 0 Å². The van der Waals surface area contributed by atoms with Gasteiger partial charge in [-0.1, -0.05) is 6.92 Å². The minimum atomic E-state index is -0.809. The molecule has 0 amide bonds. The van der Waals surface area contributed by atoms with Crippen molar-refractivity contribution in [2.75, 3.05) is 32.7 Å². The van der Waals surface area contributed by atoms with Gasteiger partial charge in [0.1, 0.15) is 11.5 Å². The summed E-state index contributed by atoms with van der Waals surface area (Å²) in [4.78, 5) is 12.8. The fourth-order valence-corrected chi connectivity index (χ4v) is 2.03. The summed E-state index contributed by atoms with van der Waals surface area (Å²) >= 11 is 0. The average Bonchev–Trinajstić information content (AvgIpc) is 2.37. The lowest BCUT2D eigenvalue weighted by Crippen LogP contribution is -2.28. The summed E-state index contributed by atoms with van der Waals surface area (Å²) in [5, 5.41) is 8.96. The van der Waals surface area contributed by atoms with E-state index in [4.69, 9.17) is 14.6 Å². The predicted molar refractivity (Wildman–Crippen MR) is 74.4 cm³/mol. The molecule has 0 aliphatic carbocycles. The van der Waals surface area contributed by atoms with E-state index < -0.39 is 11.9 Å². The molecule has 0 heterocycles. The summed E-state index contributed by atoms with van der Waals surface area (Å²) in [6.45, 7) is 4.01. The standard InChI is InChI=1S/C14H21NO4/c1-9(14(16)17)8-15(3)11-6-7-12(18-4)10(2)13(11)19-5/h6-7,9H,8H2,1-5H3,(H,16,17). The van der Waals surface area contributed by atoms with Crippen molar-refractivity contribution < 1.29 is 19.4 Å². The third-order valence-electron chi connectivity index (χ3n) is 3.14.